The molecule has 1 atom stereocenters. The van der Waals surface area contributed by atoms with E-state index in [4.69, 9.17) is 14.5 Å². The summed E-state index contributed by atoms with van der Waals surface area (Å²) in [6.45, 7) is 3.30. The number of para-hydroxylation sites is 2. The molecule has 5 nitrogen and oxygen atoms in total. The lowest BCUT2D eigenvalue weighted by molar-refractivity contribution is 0.0677. The van der Waals surface area contributed by atoms with Crippen LogP contribution in [0.3, 0.4) is 0 Å². The molecule has 0 N–H and O–H groups in total. The first-order valence-electron chi connectivity index (χ1n) is 7.72. The predicted octanol–water partition coefficient (Wildman–Crippen LogP) is 3.56. The monoisotopic (exact) mass is 309 g/mol. The van der Waals surface area contributed by atoms with Crippen molar-refractivity contribution in [3.8, 4) is 5.75 Å². The highest BCUT2D eigenvalue weighted by molar-refractivity contribution is 5.76. The quantitative estimate of drug-likeness (QED) is 0.725. The molecule has 0 bridgehead atoms. The summed E-state index contributed by atoms with van der Waals surface area (Å²) in [5.74, 6) is 1.83. The smallest absolute Gasteiger partial charge is 0.140 e. The first-order chi connectivity index (χ1) is 11.3. The number of aromatic nitrogens is 2. The van der Waals surface area contributed by atoms with E-state index < -0.39 is 0 Å². The number of hydrogen-bond donors (Lipinski definition) is 0. The summed E-state index contributed by atoms with van der Waals surface area (Å²) in [4.78, 5) is 6.94. The SMILES string of the molecule is COc1ccc(N2CO[C@H](C)c3nc4ccccc4n3C2)cc1. The van der Waals surface area contributed by atoms with Crippen LogP contribution in [0.1, 0.15) is 18.9 Å². The molecule has 0 saturated carbocycles. The Hall–Kier alpha value is -2.53. The highest BCUT2D eigenvalue weighted by atomic mass is 16.5. The van der Waals surface area contributed by atoms with Gasteiger partial charge in [-0.05, 0) is 43.3 Å². The van der Waals surface area contributed by atoms with E-state index in [1.807, 2.05) is 30.3 Å². The molecule has 2 aromatic carbocycles. The van der Waals surface area contributed by atoms with Crippen molar-refractivity contribution in [3.05, 3.63) is 54.4 Å². The van der Waals surface area contributed by atoms with Crippen molar-refractivity contribution in [2.24, 2.45) is 0 Å². The number of imidazole rings is 1. The lowest BCUT2D eigenvalue weighted by Gasteiger charge is -2.23. The molecule has 3 aromatic rings. The minimum absolute atomic E-state index is 0.0364. The average Bonchev–Trinajstić information content (AvgIpc) is 2.89. The number of fused-ring (bicyclic) bond motifs is 3. The molecule has 0 fully saturated rings. The van der Waals surface area contributed by atoms with E-state index >= 15 is 0 Å². The van der Waals surface area contributed by atoms with E-state index in [0.717, 1.165) is 28.3 Å². The standard InChI is InChI=1S/C18H19N3O2/c1-13-18-19-16-5-3-4-6-17(16)21(18)11-20(12-23-13)14-7-9-15(22-2)10-8-14/h3-10,13H,11-12H2,1-2H3/t13-/m1/s1. The Morgan fingerprint density at radius 3 is 2.70 bits per heavy atom. The number of methoxy groups -OCH3 is 1. The maximum atomic E-state index is 5.99. The van der Waals surface area contributed by atoms with Gasteiger partial charge in [-0.1, -0.05) is 12.1 Å². The molecule has 2 heterocycles. The Kier molecular flexibility index (Phi) is 3.42. The second-order valence-electron chi connectivity index (χ2n) is 5.70. The molecule has 4 rings (SSSR count). The third-order valence-corrected chi connectivity index (χ3v) is 4.28. The summed E-state index contributed by atoms with van der Waals surface area (Å²) in [5.41, 5.74) is 3.25. The molecule has 0 amide bonds. The molecule has 0 saturated heterocycles. The van der Waals surface area contributed by atoms with Crippen molar-refractivity contribution in [1.29, 1.82) is 0 Å². The van der Waals surface area contributed by atoms with Gasteiger partial charge >= 0.3 is 0 Å². The fraction of sp³-hybridized carbons (Fsp3) is 0.278. The first kappa shape index (κ1) is 14.1. The van der Waals surface area contributed by atoms with Crippen LogP contribution in [0.4, 0.5) is 5.69 Å². The van der Waals surface area contributed by atoms with Gasteiger partial charge in [0.15, 0.2) is 0 Å². The first-order valence-corrected chi connectivity index (χ1v) is 7.72. The van der Waals surface area contributed by atoms with Gasteiger partial charge in [-0.15, -0.1) is 0 Å². The van der Waals surface area contributed by atoms with Gasteiger partial charge in [0.25, 0.3) is 0 Å². The third-order valence-electron chi connectivity index (χ3n) is 4.28. The Bertz CT molecular complexity index is 826. The fourth-order valence-electron chi connectivity index (χ4n) is 2.99. The van der Waals surface area contributed by atoms with E-state index in [1.54, 1.807) is 7.11 Å². The number of nitrogens with zero attached hydrogens (tertiary/aromatic N) is 3. The van der Waals surface area contributed by atoms with Crippen LogP contribution in [0.2, 0.25) is 0 Å². The zero-order valence-corrected chi connectivity index (χ0v) is 13.3. The largest absolute Gasteiger partial charge is 0.497 e. The zero-order chi connectivity index (χ0) is 15.8. The number of benzene rings is 2. The Morgan fingerprint density at radius 2 is 1.91 bits per heavy atom. The Balaban J connectivity index is 1.74. The summed E-state index contributed by atoms with van der Waals surface area (Å²) < 4.78 is 13.5. The minimum atomic E-state index is -0.0364. The van der Waals surface area contributed by atoms with Crippen molar-refractivity contribution in [2.75, 3.05) is 18.7 Å². The van der Waals surface area contributed by atoms with Crippen LogP contribution in [0.25, 0.3) is 11.0 Å². The van der Waals surface area contributed by atoms with Crippen LogP contribution < -0.4 is 9.64 Å². The van der Waals surface area contributed by atoms with Crippen LogP contribution in [0.15, 0.2) is 48.5 Å². The molecular weight excluding hydrogens is 290 g/mol. The average molecular weight is 309 g/mol. The van der Waals surface area contributed by atoms with E-state index in [-0.39, 0.29) is 6.10 Å². The van der Waals surface area contributed by atoms with Crippen LogP contribution >= 0.6 is 0 Å². The van der Waals surface area contributed by atoms with E-state index in [9.17, 15) is 0 Å². The molecule has 0 unspecified atom stereocenters. The molecule has 0 spiro atoms. The lowest BCUT2D eigenvalue weighted by atomic mass is 10.3. The van der Waals surface area contributed by atoms with Gasteiger partial charge in [0.05, 0.1) is 24.8 Å². The second-order valence-corrected chi connectivity index (χ2v) is 5.70. The van der Waals surface area contributed by atoms with Gasteiger partial charge in [0.1, 0.15) is 24.4 Å². The molecule has 1 aliphatic rings. The van der Waals surface area contributed by atoms with Crippen molar-refractivity contribution in [3.63, 3.8) is 0 Å². The van der Waals surface area contributed by atoms with Crippen LogP contribution in [0, 0.1) is 0 Å². The molecule has 118 valence electrons. The highest BCUT2D eigenvalue weighted by Crippen LogP contribution is 2.29. The number of ether oxygens (including phenoxy) is 2. The molecule has 23 heavy (non-hydrogen) atoms. The predicted molar refractivity (Wildman–Crippen MR) is 89.6 cm³/mol. The van der Waals surface area contributed by atoms with E-state index in [2.05, 4.69) is 34.6 Å². The highest BCUT2D eigenvalue weighted by Gasteiger charge is 2.23. The minimum Gasteiger partial charge on any atom is -0.497 e. The fourth-order valence-corrected chi connectivity index (χ4v) is 2.99. The van der Waals surface area contributed by atoms with Crippen LogP contribution in [0.5, 0.6) is 5.75 Å². The van der Waals surface area contributed by atoms with Gasteiger partial charge in [-0.25, -0.2) is 4.98 Å². The third kappa shape index (κ3) is 2.43. The molecule has 5 heteroatoms. The van der Waals surface area contributed by atoms with Crippen LogP contribution in [-0.2, 0) is 11.4 Å². The van der Waals surface area contributed by atoms with Crippen LogP contribution in [-0.4, -0.2) is 23.4 Å². The van der Waals surface area contributed by atoms with Gasteiger partial charge in [0, 0.05) is 5.69 Å². The zero-order valence-electron chi connectivity index (χ0n) is 13.3. The number of rotatable bonds is 2. The van der Waals surface area contributed by atoms with E-state index in [0.29, 0.717) is 13.4 Å². The van der Waals surface area contributed by atoms with Gasteiger partial charge in [0.2, 0.25) is 0 Å². The Morgan fingerprint density at radius 1 is 1.13 bits per heavy atom. The van der Waals surface area contributed by atoms with Gasteiger partial charge in [-0.2, -0.15) is 0 Å². The lowest BCUT2D eigenvalue weighted by Crippen LogP contribution is -2.26. The maximum absolute atomic E-state index is 5.99. The van der Waals surface area contributed by atoms with Gasteiger partial charge in [-0.3, -0.25) is 0 Å². The Labute approximate surface area is 135 Å². The normalized spacial score (nSPS) is 17.8. The summed E-state index contributed by atoms with van der Waals surface area (Å²) in [6.07, 6.45) is -0.0364. The summed E-state index contributed by atoms with van der Waals surface area (Å²) in [6, 6.07) is 16.3. The van der Waals surface area contributed by atoms with Gasteiger partial charge < -0.3 is 18.9 Å². The second kappa shape index (κ2) is 5.59. The molecule has 1 aliphatic heterocycles. The molecule has 0 radical (unpaired) electrons. The molecule has 1 aromatic heterocycles. The van der Waals surface area contributed by atoms with Crippen molar-refractivity contribution >= 4 is 16.7 Å². The summed E-state index contributed by atoms with van der Waals surface area (Å²) in [5, 5.41) is 0. The summed E-state index contributed by atoms with van der Waals surface area (Å²) in [7, 11) is 1.68. The van der Waals surface area contributed by atoms with Crippen molar-refractivity contribution in [1.82, 2.24) is 9.55 Å². The van der Waals surface area contributed by atoms with Crippen molar-refractivity contribution in [2.45, 2.75) is 19.7 Å². The molecular formula is C18H19N3O2. The van der Waals surface area contributed by atoms with E-state index in [1.165, 1.54) is 0 Å². The topological polar surface area (TPSA) is 39.5 Å². The van der Waals surface area contributed by atoms with Crippen molar-refractivity contribution < 1.29 is 9.47 Å². The number of anilines is 1. The maximum Gasteiger partial charge on any atom is 0.140 e. The number of hydrogen-bond acceptors (Lipinski definition) is 4. The summed E-state index contributed by atoms with van der Waals surface area (Å²) >= 11 is 0. The molecule has 0 aliphatic carbocycles.